The van der Waals surface area contributed by atoms with Crippen molar-refractivity contribution in [1.82, 2.24) is 20.3 Å². The van der Waals surface area contributed by atoms with Crippen molar-refractivity contribution < 1.29 is 22.3 Å². The number of hydrogen-bond acceptors (Lipinski definition) is 9. The Balaban J connectivity index is 1.41. The minimum absolute atomic E-state index is 0.0439. The summed E-state index contributed by atoms with van der Waals surface area (Å²) in [7, 11) is -1.96. The van der Waals surface area contributed by atoms with Crippen LogP contribution in [0.3, 0.4) is 0 Å². The van der Waals surface area contributed by atoms with E-state index >= 15 is 4.39 Å². The number of nitrogens with one attached hydrogen (secondary N) is 2. The molecule has 1 fully saturated rings. The van der Waals surface area contributed by atoms with Crippen molar-refractivity contribution in [1.29, 1.82) is 0 Å². The number of carbonyl (C=O) groups is 1. The van der Waals surface area contributed by atoms with E-state index in [1.807, 2.05) is 26.0 Å². The van der Waals surface area contributed by atoms with Crippen LogP contribution in [-0.2, 0) is 20.2 Å². The summed E-state index contributed by atoms with van der Waals surface area (Å²) in [5.41, 5.74) is 2.62. The number of pyridine rings is 3. The number of rotatable bonds is 9. The van der Waals surface area contributed by atoms with Crippen LogP contribution in [0, 0.1) is 5.82 Å². The fourth-order valence-corrected chi connectivity index (χ4v) is 6.37. The average molecular weight is 606 g/mol. The lowest BCUT2D eigenvalue weighted by molar-refractivity contribution is -0.123. The van der Waals surface area contributed by atoms with Crippen molar-refractivity contribution in [2.24, 2.45) is 0 Å². The van der Waals surface area contributed by atoms with Gasteiger partial charge >= 0.3 is 0 Å². The first kappa shape index (κ1) is 28.7. The first-order chi connectivity index (χ1) is 20.5. The van der Waals surface area contributed by atoms with E-state index < -0.39 is 21.3 Å². The van der Waals surface area contributed by atoms with Crippen molar-refractivity contribution in [2.75, 3.05) is 54.1 Å². The number of ether oxygens (including phenoxy) is 1. The molecule has 1 saturated heterocycles. The van der Waals surface area contributed by atoms with Gasteiger partial charge in [0.2, 0.25) is 21.8 Å². The van der Waals surface area contributed by atoms with Gasteiger partial charge in [0.15, 0.2) is 0 Å². The van der Waals surface area contributed by atoms with Crippen LogP contribution < -0.4 is 24.6 Å². The van der Waals surface area contributed by atoms with Gasteiger partial charge in [0.1, 0.15) is 23.5 Å². The van der Waals surface area contributed by atoms with Crippen LogP contribution in [0.4, 0.5) is 21.5 Å². The van der Waals surface area contributed by atoms with E-state index in [0.29, 0.717) is 41.8 Å². The standard InChI is InChI=1S/C30H32FN7O4S/c1-18(2)33-8-9-42-28-25(36-43(4,40)41)10-19(13-35-28)21-11-22-24(12-23(21)31)34-15-26-27(22)30(29(39)37(26)3)16-38(17-30)20-6-5-7-32-14-20/h5-7,10-15,18,33,36H,8-9,16-17H2,1-4H3. The molecule has 4 aromatic rings. The Kier molecular flexibility index (Phi) is 7.17. The molecule has 0 unspecified atom stereocenters. The van der Waals surface area contributed by atoms with Crippen LogP contribution in [0.2, 0.25) is 0 Å². The quantitative estimate of drug-likeness (QED) is 0.276. The number of carbonyl (C=O) groups excluding carboxylic acids is 1. The summed E-state index contributed by atoms with van der Waals surface area (Å²) in [5, 5.41) is 3.87. The van der Waals surface area contributed by atoms with E-state index in [4.69, 9.17) is 4.74 Å². The summed E-state index contributed by atoms with van der Waals surface area (Å²) in [4.78, 5) is 30.4. The molecule has 0 saturated carbocycles. The summed E-state index contributed by atoms with van der Waals surface area (Å²) >= 11 is 0. The Bertz CT molecular complexity index is 1830. The third-order valence-electron chi connectivity index (χ3n) is 7.77. The molecule has 1 spiro atoms. The molecular formula is C30H32FN7O4S. The molecule has 1 aromatic carbocycles. The molecular weight excluding hydrogens is 573 g/mol. The number of aromatic nitrogens is 3. The number of likely N-dealkylation sites (N-methyl/N-ethyl adjacent to an activating group) is 1. The van der Waals surface area contributed by atoms with Crippen molar-refractivity contribution >= 4 is 43.9 Å². The third kappa shape index (κ3) is 5.23. The number of nitrogens with zero attached hydrogens (tertiary/aromatic N) is 5. The number of amides is 1. The predicted octanol–water partition coefficient (Wildman–Crippen LogP) is 3.31. The van der Waals surface area contributed by atoms with E-state index in [1.54, 1.807) is 36.6 Å². The van der Waals surface area contributed by atoms with Crippen molar-refractivity contribution in [3.8, 4) is 17.0 Å². The molecule has 11 nitrogen and oxygen atoms in total. The zero-order chi connectivity index (χ0) is 30.5. The molecule has 6 rings (SSSR count). The Labute approximate surface area is 249 Å². The normalized spacial score (nSPS) is 15.7. The summed E-state index contributed by atoms with van der Waals surface area (Å²) in [5.74, 6) is -0.517. The maximum atomic E-state index is 15.6. The molecule has 2 aliphatic heterocycles. The number of hydrogen-bond donors (Lipinski definition) is 2. The van der Waals surface area contributed by atoms with Crippen LogP contribution >= 0.6 is 0 Å². The number of halogens is 1. The lowest BCUT2D eigenvalue weighted by Gasteiger charge is -2.48. The molecule has 0 radical (unpaired) electrons. The number of anilines is 3. The van der Waals surface area contributed by atoms with Crippen LogP contribution in [-0.4, -0.2) is 74.9 Å². The number of benzene rings is 1. The van der Waals surface area contributed by atoms with Gasteiger partial charge in [-0.05, 0) is 24.3 Å². The van der Waals surface area contributed by atoms with Crippen LogP contribution in [0.25, 0.3) is 22.0 Å². The Morgan fingerprint density at radius 3 is 2.63 bits per heavy atom. The Hall–Kier alpha value is -4.36. The Morgan fingerprint density at radius 2 is 1.93 bits per heavy atom. The first-order valence-corrected chi connectivity index (χ1v) is 15.8. The van der Waals surface area contributed by atoms with E-state index in [9.17, 15) is 13.2 Å². The number of sulfonamides is 1. The lowest BCUT2D eigenvalue weighted by atomic mass is 9.73. The highest BCUT2D eigenvalue weighted by atomic mass is 32.2. The monoisotopic (exact) mass is 605 g/mol. The molecule has 0 atom stereocenters. The molecule has 0 aliphatic carbocycles. The largest absolute Gasteiger partial charge is 0.475 e. The van der Waals surface area contributed by atoms with Crippen molar-refractivity contribution in [3.63, 3.8) is 0 Å². The lowest BCUT2D eigenvalue weighted by Crippen LogP contribution is -2.64. The smallest absolute Gasteiger partial charge is 0.241 e. The first-order valence-electron chi connectivity index (χ1n) is 13.9. The molecule has 1 amide bonds. The zero-order valence-electron chi connectivity index (χ0n) is 24.3. The second kappa shape index (κ2) is 10.7. The zero-order valence-corrected chi connectivity index (χ0v) is 25.1. The average Bonchev–Trinajstić information content (AvgIpc) is 3.16. The molecule has 43 heavy (non-hydrogen) atoms. The molecule has 2 aliphatic rings. The van der Waals surface area contributed by atoms with Gasteiger partial charge < -0.3 is 19.9 Å². The summed E-state index contributed by atoms with van der Waals surface area (Å²) < 4.78 is 48.1. The summed E-state index contributed by atoms with van der Waals surface area (Å²) in [6.07, 6.45) is 7.55. The second-order valence-electron chi connectivity index (χ2n) is 11.3. The maximum absolute atomic E-state index is 15.6. The second-order valence-corrected chi connectivity index (χ2v) is 13.0. The van der Waals surface area contributed by atoms with Crippen molar-refractivity contribution in [2.45, 2.75) is 25.3 Å². The van der Waals surface area contributed by atoms with Crippen LogP contribution in [0.15, 0.2) is 55.1 Å². The van der Waals surface area contributed by atoms with Crippen molar-refractivity contribution in [3.05, 3.63) is 66.5 Å². The summed E-state index contributed by atoms with van der Waals surface area (Å²) in [6.45, 7) is 5.69. The SMILES string of the molecule is CC(C)NCCOc1ncc(-c2cc3c4c(cnc3cc2F)N(C)C(=O)C42CN(c3cccnc3)C2)cc1NS(C)(=O)=O. The Morgan fingerprint density at radius 1 is 1.14 bits per heavy atom. The maximum Gasteiger partial charge on any atom is 0.241 e. The fourth-order valence-electron chi connectivity index (χ4n) is 5.82. The van der Waals surface area contributed by atoms with Crippen LogP contribution in [0.5, 0.6) is 5.88 Å². The third-order valence-corrected chi connectivity index (χ3v) is 8.36. The van der Waals surface area contributed by atoms with Gasteiger partial charge in [-0.3, -0.25) is 19.5 Å². The van der Waals surface area contributed by atoms with Gasteiger partial charge in [0.05, 0.1) is 35.5 Å². The van der Waals surface area contributed by atoms with Crippen LogP contribution in [0.1, 0.15) is 19.4 Å². The number of fused-ring (bicyclic) bond motifs is 4. The van der Waals surface area contributed by atoms with Gasteiger partial charge in [0.25, 0.3) is 0 Å². The summed E-state index contributed by atoms with van der Waals surface area (Å²) in [6, 6.07) is 8.57. The van der Waals surface area contributed by atoms with E-state index in [2.05, 4.69) is 29.9 Å². The molecule has 0 bridgehead atoms. The molecule has 2 N–H and O–H groups in total. The predicted molar refractivity (Wildman–Crippen MR) is 164 cm³/mol. The molecule has 13 heteroatoms. The van der Waals surface area contributed by atoms with E-state index in [1.165, 1.54) is 18.3 Å². The molecule has 224 valence electrons. The molecule has 3 aromatic heterocycles. The van der Waals surface area contributed by atoms with Gasteiger partial charge in [-0.1, -0.05) is 13.8 Å². The topological polar surface area (TPSA) is 130 Å². The minimum atomic E-state index is -3.69. The fraction of sp³-hybridized carbons (Fsp3) is 0.333. The van der Waals surface area contributed by atoms with Gasteiger partial charge in [-0.15, -0.1) is 0 Å². The van der Waals surface area contributed by atoms with E-state index in [0.717, 1.165) is 17.5 Å². The van der Waals surface area contributed by atoms with Gasteiger partial charge in [-0.2, -0.15) is 0 Å². The van der Waals surface area contributed by atoms with Gasteiger partial charge in [-0.25, -0.2) is 17.8 Å². The highest BCUT2D eigenvalue weighted by molar-refractivity contribution is 7.92. The van der Waals surface area contributed by atoms with Gasteiger partial charge in [0, 0.05) is 73.3 Å². The highest BCUT2D eigenvalue weighted by Crippen LogP contribution is 2.51. The highest BCUT2D eigenvalue weighted by Gasteiger charge is 2.58. The van der Waals surface area contributed by atoms with E-state index in [-0.39, 0.29) is 35.7 Å². The minimum Gasteiger partial charge on any atom is -0.475 e. The molecule has 5 heterocycles.